The van der Waals surface area contributed by atoms with Gasteiger partial charge in [-0.1, -0.05) is 42.0 Å². The summed E-state index contributed by atoms with van der Waals surface area (Å²) in [4.78, 5) is 14.0. The van der Waals surface area contributed by atoms with Gasteiger partial charge in [0.05, 0.1) is 6.04 Å². The molecule has 1 heterocycles. The van der Waals surface area contributed by atoms with E-state index in [1.807, 2.05) is 64.1 Å². The topological polar surface area (TPSA) is 49.8 Å². The van der Waals surface area contributed by atoms with Gasteiger partial charge in [0.2, 0.25) is 0 Å². The molecule has 1 aromatic rings. The van der Waals surface area contributed by atoms with E-state index in [4.69, 9.17) is 4.74 Å². The van der Waals surface area contributed by atoms with Crippen LogP contribution in [0.5, 0.6) is 0 Å². The second kappa shape index (κ2) is 6.53. The van der Waals surface area contributed by atoms with Crippen LogP contribution in [0.25, 0.3) is 0 Å². The minimum Gasteiger partial charge on any atom is -0.444 e. The maximum absolute atomic E-state index is 12.4. The summed E-state index contributed by atoms with van der Waals surface area (Å²) in [6, 6.07) is 7.32. The van der Waals surface area contributed by atoms with E-state index in [1.165, 1.54) is 0 Å². The van der Waals surface area contributed by atoms with Crippen LogP contribution in [0.3, 0.4) is 0 Å². The Hall–Kier alpha value is -1.81. The molecule has 0 unspecified atom stereocenters. The first-order chi connectivity index (χ1) is 10.3. The highest BCUT2D eigenvalue weighted by atomic mass is 16.6. The Bertz CT molecular complexity index is 542. The molecule has 22 heavy (non-hydrogen) atoms. The lowest BCUT2D eigenvalue weighted by Gasteiger charge is -2.36. The van der Waals surface area contributed by atoms with Gasteiger partial charge in [0.25, 0.3) is 0 Å². The van der Waals surface area contributed by atoms with Crippen molar-refractivity contribution in [1.29, 1.82) is 0 Å². The van der Waals surface area contributed by atoms with Crippen molar-refractivity contribution >= 4 is 6.09 Å². The molecule has 0 aromatic heterocycles. The van der Waals surface area contributed by atoms with Crippen LogP contribution < -0.4 is 0 Å². The first-order valence-electron chi connectivity index (χ1n) is 7.69. The fourth-order valence-electron chi connectivity index (χ4n) is 2.47. The Morgan fingerprint density at radius 1 is 1.32 bits per heavy atom. The van der Waals surface area contributed by atoms with E-state index in [9.17, 15) is 9.90 Å². The van der Waals surface area contributed by atoms with Crippen LogP contribution in [0.2, 0.25) is 0 Å². The number of ether oxygens (including phenoxy) is 1. The van der Waals surface area contributed by atoms with Gasteiger partial charge in [-0.05, 0) is 39.7 Å². The fourth-order valence-corrected chi connectivity index (χ4v) is 2.47. The number of hydrogen-bond acceptors (Lipinski definition) is 3. The van der Waals surface area contributed by atoms with Crippen LogP contribution in [-0.2, 0) is 4.74 Å². The van der Waals surface area contributed by atoms with Crippen LogP contribution in [0, 0.1) is 6.92 Å². The van der Waals surface area contributed by atoms with Crippen molar-refractivity contribution in [2.75, 3.05) is 6.54 Å². The number of aliphatic hydroxyl groups is 1. The van der Waals surface area contributed by atoms with Crippen molar-refractivity contribution in [2.24, 2.45) is 0 Å². The molecule has 120 valence electrons. The number of amides is 1. The molecule has 0 aliphatic carbocycles. The number of carbonyl (C=O) groups is 1. The summed E-state index contributed by atoms with van der Waals surface area (Å²) >= 11 is 0. The van der Waals surface area contributed by atoms with E-state index in [-0.39, 0.29) is 6.09 Å². The zero-order chi connectivity index (χ0) is 16.3. The summed E-state index contributed by atoms with van der Waals surface area (Å²) in [5.74, 6) is 0. The molecular weight excluding hydrogens is 278 g/mol. The standard InChI is InChI=1S/C18H25NO3/c1-13-8-10-14(11-9-13)16(20)15-7-5-6-12-19(15)17(21)22-18(2,3)4/h5,7-11,15-16,20H,6,12H2,1-4H3/t15-,16-/m1/s1. The monoisotopic (exact) mass is 303 g/mol. The lowest BCUT2D eigenvalue weighted by Crippen LogP contribution is -2.47. The molecule has 0 spiro atoms. The lowest BCUT2D eigenvalue weighted by atomic mass is 9.97. The van der Waals surface area contributed by atoms with Gasteiger partial charge in [-0.25, -0.2) is 4.79 Å². The maximum atomic E-state index is 12.4. The van der Waals surface area contributed by atoms with Gasteiger partial charge < -0.3 is 9.84 Å². The number of aliphatic hydroxyl groups excluding tert-OH is 1. The summed E-state index contributed by atoms with van der Waals surface area (Å²) in [6.45, 7) is 8.09. The molecule has 1 amide bonds. The largest absolute Gasteiger partial charge is 0.444 e. The zero-order valence-corrected chi connectivity index (χ0v) is 13.7. The first-order valence-corrected chi connectivity index (χ1v) is 7.69. The lowest BCUT2D eigenvalue weighted by molar-refractivity contribution is 0.00140. The number of benzene rings is 1. The van der Waals surface area contributed by atoms with Gasteiger partial charge in [-0.15, -0.1) is 0 Å². The van der Waals surface area contributed by atoms with Crippen molar-refractivity contribution in [3.63, 3.8) is 0 Å². The smallest absolute Gasteiger partial charge is 0.410 e. The summed E-state index contributed by atoms with van der Waals surface area (Å²) in [7, 11) is 0. The third kappa shape index (κ3) is 4.10. The van der Waals surface area contributed by atoms with Crippen LogP contribution in [0.15, 0.2) is 36.4 Å². The molecular formula is C18H25NO3. The quantitative estimate of drug-likeness (QED) is 0.849. The summed E-state index contributed by atoms with van der Waals surface area (Å²) in [6.07, 6.45) is 3.52. The third-order valence-electron chi connectivity index (χ3n) is 3.60. The Morgan fingerprint density at radius 3 is 2.55 bits per heavy atom. The van der Waals surface area contributed by atoms with Gasteiger partial charge in [-0.2, -0.15) is 0 Å². The molecule has 2 atom stereocenters. The second-order valence-electron chi connectivity index (χ2n) is 6.74. The molecule has 0 saturated carbocycles. The normalized spacial score (nSPS) is 19.9. The van der Waals surface area contributed by atoms with E-state index in [1.54, 1.807) is 4.90 Å². The molecule has 0 bridgehead atoms. The number of aryl methyl sites for hydroxylation is 1. The molecule has 1 aliphatic heterocycles. The predicted octanol–water partition coefficient (Wildman–Crippen LogP) is 3.59. The van der Waals surface area contributed by atoms with Crippen LogP contribution in [0.1, 0.15) is 44.4 Å². The van der Waals surface area contributed by atoms with Gasteiger partial charge >= 0.3 is 6.09 Å². The first kappa shape index (κ1) is 16.6. The van der Waals surface area contributed by atoms with Crippen molar-refractivity contribution in [2.45, 2.75) is 51.9 Å². The molecule has 0 saturated heterocycles. The molecule has 0 fully saturated rings. The highest BCUT2D eigenvalue weighted by Crippen LogP contribution is 2.26. The van der Waals surface area contributed by atoms with E-state index >= 15 is 0 Å². The second-order valence-corrected chi connectivity index (χ2v) is 6.74. The fraction of sp³-hybridized carbons (Fsp3) is 0.500. The van der Waals surface area contributed by atoms with Crippen LogP contribution in [0.4, 0.5) is 4.79 Å². The third-order valence-corrected chi connectivity index (χ3v) is 3.60. The Balaban J connectivity index is 2.18. The summed E-state index contributed by atoms with van der Waals surface area (Å²) in [5.41, 5.74) is 1.40. The molecule has 1 aliphatic rings. The number of carbonyl (C=O) groups excluding carboxylic acids is 1. The molecule has 1 N–H and O–H groups in total. The maximum Gasteiger partial charge on any atom is 0.410 e. The van der Waals surface area contributed by atoms with Crippen molar-refractivity contribution < 1.29 is 14.6 Å². The predicted molar refractivity (Wildman–Crippen MR) is 86.6 cm³/mol. The molecule has 0 radical (unpaired) electrons. The average Bonchev–Trinajstić information content (AvgIpc) is 2.45. The minimum absolute atomic E-state index is 0.381. The highest BCUT2D eigenvalue weighted by molar-refractivity contribution is 5.69. The van der Waals surface area contributed by atoms with Crippen LogP contribution in [-0.4, -0.2) is 34.3 Å². The zero-order valence-electron chi connectivity index (χ0n) is 13.7. The van der Waals surface area contributed by atoms with Gasteiger partial charge in [0, 0.05) is 6.54 Å². The number of hydrogen-bond donors (Lipinski definition) is 1. The number of rotatable bonds is 2. The average molecular weight is 303 g/mol. The van der Waals surface area contributed by atoms with E-state index < -0.39 is 17.7 Å². The van der Waals surface area contributed by atoms with E-state index in [0.717, 1.165) is 17.5 Å². The number of nitrogens with zero attached hydrogens (tertiary/aromatic N) is 1. The minimum atomic E-state index is -0.760. The van der Waals surface area contributed by atoms with Gasteiger partial charge in [0.15, 0.2) is 0 Å². The summed E-state index contributed by atoms with van der Waals surface area (Å²) in [5, 5.41) is 10.7. The van der Waals surface area contributed by atoms with E-state index in [0.29, 0.717) is 6.54 Å². The highest BCUT2D eigenvalue weighted by Gasteiger charge is 2.33. The van der Waals surface area contributed by atoms with Gasteiger partial charge in [0.1, 0.15) is 11.7 Å². The van der Waals surface area contributed by atoms with Crippen molar-refractivity contribution in [1.82, 2.24) is 4.90 Å². The SMILES string of the molecule is Cc1ccc([C@@H](O)[C@H]2C=CCCN2C(=O)OC(C)(C)C)cc1. The van der Waals surface area contributed by atoms with Crippen LogP contribution >= 0.6 is 0 Å². The van der Waals surface area contributed by atoms with E-state index in [2.05, 4.69) is 0 Å². The van der Waals surface area contributed by atoms with Crippen molar-refractivity contribution in [3.8, 4) is 0 Å². The molecule has 1 aromatic carbocycles. The van der Waals surface area contributed by atoms with Gasteiger partial charge in [-0.3, -0.25) is 4.90 Å². The van der Waals surface area contributed by atoms with Crippen molar-refractivity contribution in [3.05, 3.63) is 47.5 Å². The Kier molecular flexibility index (Phi) is 4.91. The summed E-state index contributed by atoms with van der Waals surface area (Å²) < 4.78 is 5.45. The Labute approximate surface area is 132 Å². The Morgan fingerprint density at radius 2 is 1.95 bits per heavy atom. The molecule has 4 nitrogen and oxygen atoms in total. The molecule has 2 rings (SSSR count). The molecule has 4 heteroatoms.